The van der Waals surface area contributed by atoms with E-state index in [1.165, 1.54) is 6.07 Å². The standard InChI is InChI=1S/C29H41Cl2FN6O.H2/c1-4-24-20-37(28-26(31)15-21(17-34-28)18-36(6-3)29(39)33-5-2)13-14-38(24)25-9-11-35(12-10-25)19-22-7-8-23(30)16-27(22)32;/h7-8,15-17,24-25H,4-6,9-14,18-20H2,1-3H3,(H,33,39);1H/t24-;/m0./s1. The molecule has 1 aromatic carbocycles. The number of halogens is 3. The molecule has 2 amide bonds. The number of nitrogens with zero attached hydrogens (tertiary/aromatic N) is 5. The number of hydrogen-bond donors (Lipinski definition) is 1. The van der Waals surface area contributed by atoms with Crippen LogP contribution in [0.3, 0.4) is 0 Å². The molecule has 2 aliphatic rings. The van der Waals surface area contributed by atoms with Crippen molar-refractivity contribution >= 4 is 35.1 Å². The summed E-state index contributed by atoms with van der Waals surface area (Å²) < 4.78 is 14.3. The minimum absolute atomic E-state index is 0. The lowest BCUT2D eigenvalue weighted by atomic mass is 9.97. The average Bonchev–Trinajstić information content (AvgIpc) is 2.93. The summed E-state index contributed by atoms with van der Waals surface area (Å²) in [5.41, 5.74) is 1.63. The summed E-state index contributed by atoms with van der Waals surface area (Å²) in [5.74, 6) is 0.594. The fourth-order valence-electron chi connectivity index (χ4n) is 5.81. The van der Waals surface area contributed by atoms with Gasteiger partial charge in [-0.3, -0.25) is 9.80 Å². The maximum atomic E-state index is 14.3. The van der Waals surface area contributed by atoms with E-state index in [1.54, 1.807) is 17.0 Å². The third-order valence-electron chi connectivity index (χ3n) is 7.98. The van der Waals surface area contributed by atoms with Crippen molar-refractivity contribution in [2.24, 2.45) is 0 Å². The maximum absolute atomic E-state index is 14.3. The molecular weight excluding hydrogens is 538 g/mol. The van der Waals surface area contributed by atoms with Crippen LogP contribution in [0.1, 0.15) is 52.6 Å². The van der Waals surface area contributed by atoms with Crippen LogP contribution in [0.5, 0.6) is 0 Å². The number of piperazine rings is 1. The highest BCUT2D eigenvalue weighted by Crippen LogP contribution is 2.30. The normalized spacial score (nSPS) is 19.3. The summed E-state index contributed by atoms with van der Waals surface area (Å²) >= 11 is 12.6. The monoisotopic (exact) mass is 580 g/mol. The van der Waals surface area contributed by atoms with Crippen molar-refractivity contribution < 1.29 is 10.6 Å². The van der Waals surface area contributed by atoms with Crippen LogP contribution < -0.4 is 10.2 Å². The van der Waals surface area contributed by atoms with Gasteiger partial charge in [0.2, 0.25) is 0 Å². The van der Waals surface area contributed by atoms with Crippen LogP contribution in [0.2, 0.25) is 10.0 Å². The summed E-state index contributed by atoms with van der Waals surface area (Å²) in [5, 5.41) is 3.92. The summed E-state index contributed by atoms with van der Waals surface area (Å²) in [6.45, 7) is 13.1. The fourth-order valence-corrected chi connectivity index (χ4v) is 6.27. The number of amides is 2. The average molecular weight is 582 g/mol. The number of nitrogens with one attached hydrogen (secondary N) is 1. The third kappa shape index (κ3) is 7.54. The molecule has 2 aliphatic heterocycles. The van der Waals surface area contributed by atoms with Crippen LogP contribution in [-0.4, -0.2) is 83.6 Å². The molecule has 0 radical (unpaired) electrons. The highest BCUT2D eigenvalue weighted by atomic mass is 35.5. The molecule has 1 aromatic heterocycles. The lowest BCUT2D eigenvalue weighted by molar-refractivity contribution is 0.0607. The van der Waals surface area contributed by atoms with Crippen LogP contribution in [0.15, 0.2) is 30.5 Å². The minimum Gasteiger partial charge on any atom is -0.353 e. The van der Waals surface area contributed by atoms with Crippen LogP contribution in [-0.2, 0) is 13.1 Å². The minimum atomic E-state index is -0.225. The first-order valence-electron chi connectivity index (χ1n) is 14.2. The zero-order chi connectivity index (χ0) is 27.9. The summed E-state index contributed by atoms with van der Waals surface area (Å²) in [7, 11) is 0. The number of aromatic nitrogens is 1. The number of rotatable bonds is 9. The SMILES string of the molecule is CCNC(=O)N(CC)Cc1cnc(N2CCN(C3CCN(Cc4ccc(Cl)cc4F)CC3)[C@@H](CC)C2)c(Cl)c1.[HH]. The van der Waals surface area contributed by atoms with Gasteiger partial charge in [0.05, 0.1) is 5.02 Å². The topological polar surface area (TPSA) is 55.0 Å². The second-order valence-corrected chi connectivity index (χ2v) is 11.3. The molecule has 0 unspecified atom stereocenters. The Kier molecular flexibility index (Phi) is 10.7. The molecule has 2 saturated heterocycles. The van der Waals surface area contributed by atoms with Gasteiger partial charge in [0.1, 0.15) is 11.6 Å². The smallest absolute Gasteiger partial charge is 0.317 e. The van der Waals surface area contributed by atoms with E-state index in [2.05, 4.69) is 26.9 Å². The highest BCUT2D eigenvalue weighted by molar-refractivity contribution is 6.33. The van der Waals surface area contributed by atoms with Gasteiger partial charge in [-0.1, -0.05) is 36.2 Å². The zero-order valence-electron chi connectivity index (χ0n) is 23.3. The van der Waals surface area contributed by atoms with E-state index in [4.69, 9.17) is 28.2 Å². The molecule has 4 rings (SSSR count). The third-order valence-corrected chi connectivity index (χ3v) is 8.50. The van der Waals surface area contributed by atoms with Crippen molar-refractivity contribution in [3.8, 4) is 0 Å². The van der Waals surface area contributed by atoms with Crippen molar-refractivity contribution in [1.29, 1.82) is 0 Å². The number of piperidine rings is 1. The molecule has 0 aliphatic carbocycles. The van der Waals surface area contributed by atoms with Gasteiger partial charge in [0.25, 0.3) is 0 Å². The van der Waals surface area contributed by atoms with Crippen LogP contribution >= 0.6 is 23.2 Å². The van der Waals surface area contributed by atoms with E-state index >= 15 is 0 Å². The van der Waals surface area contributed by atoms with Crippen LogP contribution in [0.4, 0.5) is 15.0 Å². The van der Waals surface area contributed by atoms with E-state index in [1.807, 2.05) is 26.1 Å². The number of likely N-dealkylation sites (tertiary alicyclic amines) is 1. The first-order chi connectivity index (χ1) is 18.8. The van der Waals surface area contributed by atoms with Crippen molar-refractivity contribution in [3.05, 3.63) is 57.5 Å². The van der Waals surface area contributed by atoms with E-state index in [-0.39, 0.29) is 13.3 Å². The van der Waals surface area contributed by atoms with Gasteiger partial charge in [-0.15, -0.1) is 0 Å². The van der Waals surface area contributed by atoms with Crippen molar-refractivity contribution in [3.63, 3.8) is 0 Å². The summed E-state index contributed by atoms with van der Waals surface area (Å²) in [4.78, 5) is 26.1. The molecule has 0 spiro atoms. The predicted octanol–water partition coefficient (Wildman–Crippen LogP) is 5.89. The molecule has 7 nitrogen and oxygen atoms in total. The molecule has 39 heavy (non-hydrogen) atoms. The number of pyridine rings is 1. The first-order valence-corrected chi connectivity index (χ1v) is 14.9. The summed E-state index contributed by atoms with van der Waals surface area (Å²) in [6, 6.07) is 7.78. The number of anilines is 1. The maximum Gasteiger partial charge on any atom is 0.317 e. The van der Waals surface area contributed by atoms with Crippen molar-refractivity contribution in [2.45, 2.75) is 65.2 Å². The Morgan fingerprint density at radius 2 is 1.92 bits per heavy atom. The number of benzene rings is 1. The Morgan fingerprint density at radius 1 is 1.15 bits per heavy atom. The molecule has 0 saturated carbocycles. The first kappa shape index (κ1) is 29.8. The molecule has 0 bridgehead atoms. The van der Waals surface area contributed by atoms with E-state index in [9.17, 15) is 9.18 Å². The van der Waals surface area contributed by atoms with Crippen LogP contribution in [0, 0.1) is 5.82 Å². The molecule has 3 heterocycles. The molecule has 216 valence electrons. The van der Waals surface area contributed by atoms with Gasteiger partial charge in [-0.05, 0) is 70.0 Å². The van der Waals surface area contributed by atoms with E-state index < -0.39 is 0 Å². The Bertz CT molecular complexity index is 1120. The molecule has 2 aromatic rings. The van der Waals surface area contributed by atoms with Gasteiger partial charge >= 0.3 is 6.03 Å². The number of hydrogen-bond acceptors (Lipinski definition) is 5. The lowest BCUT2D eigenvalue weighted by Gasteiger charge is -2.47. The number of carbonyl (C=O) groups is 1. The number of carbonyl (C=O) groups excluding carboxylic acids is 1. The van der Waals surface area contributed by atoms with Gasteiger partial charge in [-0.2, -0.15) is 0 Å². The zero-order valence-corrected chi connectivity index (χ0v) is 24.8. The van der Waals surface area contributed by atoms with Gasteiger partial charge in [-0.25, -0.2) is 14.2 Å². The van der Waals surface area contributed by atoms with Gasteiger partial charge in [0, 0.05) is 76.1 Å². The van der Waals surface area contributed by atoms with Crippen LogP contribution in [0.25, 0.3) is 0 Å². The summed E-state index contributed by atoms with van der Waals surface area (Å²) in [6.07, 6.45) is 5.06. The number of urea groups is 1. The predicted molar refractivity (Wildman–Crippen MR) is 159 cm³/mol. The Labute approximate surface area is 243 Å². The van der Waals surface area contributed by atoms with E-state index in [0.29, 0.717) is 53.9 Å². The van der Waals surface area contributed by atoms with E-state index in [0.717, 1.165) is 63.4 Å². The van der Waals surface area contributed by atoms with Crippen molar-refractivity contribution in [1.82, 2.24) is 25.0 Å². The Hall–Kier alpha value is -2.13. The van der Waals surface area contributed by atoms with Crippen molar-refractivity contribution in [2.75, 3.05) is 50.7 Å². The largest absolute Gasteiger partial charge is 0.353 e. The molecular formula is C29H43Cl2FN6O. The molecule has 1 N–H and O–H groups in total. The van der Waals surface area contributed by atoms with Gasteiger partial charge in [0.15, 0.2) is 0 Å². The lowest BCUT2D eigenvalue weighted by Crippen LogP contribution is -2.58. The Balaban J connectivity index is 0.00000441. The fraction of sp³-hybridized carbons (Fsp3) is 0.586. The van der Waals surface area contributed by atoms with Gasteiger partial charge < -0.3 is 15.1 Å². The molecule has 10 heteroatoms. The second kappa shape index (κ2) is 14.0. The molecule has 2 fully saturated rings. The second-order valence-electron chi connectivity index (χ2n) is 10.5. The molecule has 1 atom stereocenters. The highest BCUT2D eigenvalue weighted by Gasteiger charge is 2.34. The Morgan fingerprint density at radius 3 is 2.56 bits per heavy atom. The quantitative estimate of drug-likeness (QED) is 0.401.